The number of hydrogen-bond donors (Lipinski definition) is 1. The number of nitrogens with zero attached hydrogens (tertiary/aromatic N) is 2. The zero-order chi connectivity index (χ0) is 26.1. The van der Waals surface area contributed by atoms with E-state index in [1.54, 1.807) is 19.1 Å². The zero-order valence-electron chi connectivity index (χ0n) is 20.8. The van der Waals surface area contributed by atoms with Crippen LogP contribution in [-0.2, 0) is 4.79 Å². The molecule has 1 amide bonds. The number of benzene rings is 3. The van der Waals surface area contributed by atoms with E-state index < -0.39 is 23.5 Å². The van der Waals surface area contributed by atoms with Crippen LogP contribution in [0, 0.1) is 13.8 Å². The Labute approximate surface area is 219 Å². The first-order chi connectivity index (χ1) is 17.9. The number of aliphatic hydroxyl groups excluding tert-OH is 1. The van der Waals surface area contributed by atoms with Crippen molar-refractivity contribution < 1.29 is 19.4 Å². The Morgan fingerprint density at radius 3 is 2.32 bits per heavy atom. The lowest BCUT2D eigenvalue weighted by Gasteiger charge is -2.27. The molecule has 1 aliphatic heterocycles. The molecular weight excluding hydrogens is 484 g/mol. The first-order valence-corrected chi connectivity index (χ1v) is 12.8. The molecule has 1 unspecified atom stereocenters. The van der Waals surface area contributed by atoms with Gasteiger partial charge in [0, 0.05) is 11.3 Å². The molecule has 0 saturated carbocycles. The lowest BCUT2D eigenvalue weighted by atomic mass is 9.94. The minimum absolute atomic E-state index is 0.0427. The predicted molar refractivity (Wildman–Crippen MR) is 145 cm³/mol. The van der Waals surface area contributed by atoms with Gasteiger partial charge in [0.2, 0.25) is 5.78 Å². The molecule has 3 aromatic carbocycles. The van der Waals surface area contributed by atoms with Gasteiger partial charge in [-0.1, -0.05) is 60.2 Å². The number of thiazole rings is 1. The van der Waals surface area contributed by atoms with Crippen molar-refractivity contribution in [2.24, 2.45) is 0 Å². The number of ketones is 1. The molecule has 37 heavy (non-hydrogen) atoms. The van der Waals surface area contributed by atoms with Crippen LogP contribution in [0.5, 0.6) is 5.75 Å². The third-order valence-corrected chi connectivity index (χ3v) is 7.50. The van der Waals surface area contributed by atoms with Gasteiger partial charge in [-0.05, 0) is 50.6 Å². The second-order valence-electron chi connectivity index (χ2n) is 8.81. The summed E-state index contributed by atoms with van der Waals surface area (Å²) in [5.41, 5.74) is 3.82. The fourth-order valence-electron chi connectivity index (χ4n) is 4.47. The van der Waals surface area contributed by atoms with E-state index in [1.165, 1.54) is 16.2 Å². The zero-order valence-corrected chi connectivity index (χ0v) is 21.6. The molecule has 6 nitrogen and oxygen atoms in total. The number of rotatable bonds is 7. The maximum atomic E-state index is 14.0. The van der Waals surface area contributed by atoms with Crippen molar-refractivity contribution in [1.82, 2.24) is 4.98 Å². The van der Waals surface area contributed by atoms with E-state index in [1.807, 2.05) is 80.6 Å². The van der Waals surface area contributed by atoms with E-state index in [0.29, 0.717) is 39.2 Å². The number of Topliss-reactive ketones (excluding diaryl/α,β-unsaturated/α-hetero) is 1. The topological polar surface area (TPSA) is 79.7 Å². The molecule has 1 aromatic heterocycles. The Balaban J connectivity index is 1.61. The third-order valence-electron chi connectivity index (χ3n) is 6.30. The quantitative estimate of drug-likeness (QED) is 0.283. The molecule has 0 saturated heterocycles. The van der Waals surface area contributed by atoms with Crippen LogP contribution in [0.15, 0.2) is 90.2 Å². The fourth-order valence-corrected chi connectivity index (χ4v) is 5.50. The molecule has 4 aromatic rings. The molecule has 1 atom stereocenters. The number of anilines is 1. The van der Waals surface area contributed by atoms with E-state index in [-0.39, 0.29) is 5.57 Å². The highest BCUT2D eigenvalue weighted by atomic mass is 32.1. The van der Waals surface area contributed by atoms with Gasteiger partial charge >= 0.3 is 0 Å². The monoisotopic (exact) mass is 510 g/mol. The van der Waals surface area contributed by atoms with Gasteiger partial charge in [0.25, 0.3) is 5.91 Å². The third kappa shape index (κ3) is 4.54. The van der Waals surface area contributed by atoms with Crippen molar-refractivity contribution in [3.05, 3.63) is 112 Å². The van der Waals surface area contributed by atoms with Crippen molar-refractivity contribution in [3.63, 3.8) is 0 Å². The maximum Gasteiger partial charge on any atom is 0.294 e. The lowest BCUT2D eigenvalue weighted by Crippen LogP contribution is -2.31. The van der Waals surface area contributed by atoms with Crippen LogP contribution in [0.25, 0.3) is 10.6 Å². The summed E-state index contributed by atoms with van der Waals surface area (Å²) < 4.78 is 5.58. The Hall–Kier alpha value is -4.23. The maximum absolute atomic E-state index is 14.0. The van der Waals surface area contributed by atoms with Crippen LogP contribution in [0.3, 0.4) is 0 Å². The summed E-state index contributed by atoms with van der Waals surface area (Å²) >= 11 is 1.26. The van der Waals surface area contributed by atoms with Crippen LogP contribution in [0.4, 0.5) is 5.69 Å². The first kappa shape index (κ1) is 24.5. The Morgan fingerprint density at radius 2 is 1.68 bits per heavy atom. The van der Waals surface area contributed by atoms with Gasteiger partial charge in [-0.25, -0.2) is 4.98 Å². The summed E-state index contributed by atoms with van der Waals surface area (Å²) in [5.74, 6) is -0.879. The second kappa shape index (κ2) is 10.0. The number of carbonyl (C=O) groups excluding carboxylic acids is 2. The number of carbonyl (C=O) groups is 2. The Bertz CT molecular complexity index is 1490. The van der Waals surface area contributed by atoms with E-state index in [4.69, 9.17) is 4.74 Å². The average molecular weight is 511 g/mol. The van der Waals surface area contributed by atoms with Gasteiger partial charge in [0.1, 0.15) is 10.8 Å². The summed E-state index contributed by atoms with van der Waals surface area (Å²) in [5, 5.41) is 11.8. The van der Waals surface area contributed by atoms with Gasteiger partial charge in [-0.3, -0.25) is 14.5 Å². The number of amides is 1. The smallest absolute Gasteiger partial charge is 0.294 e. The van der Waals surface area contributed by atoms with Gasteiger partial charge in [-0.15, -0.1) is 11.3 Å². The van der Waals surface area contributed by atoms with Crippen LogP contribution in [-0.4, -0.2) is 28.4 Å². The normalized spacial score (nSPS) is 15.4. The number of aliphatic hydroxyl groups is 1. The van der Waals surface area contributed by atoms with Crippen molar-refractivity contribution in [1.29, 1.82) is 0 Å². The molecule has 186 valence electrons. The molecule has 1 aliphatic rings. The highest BCUT2D eigenvalue weighted by Crippen LogP contribution is 2.43. The first-order valence-electron chi connectivity index (χ1n) is 12.0. The Morgan fingerprint density at radius 1 is 1.00 bits per heavy atom. The molecular formula is C30H26N2O4S. The fraction of sp³-hybridized carbons (Fsp3) is 0.167. The molecule has 0 radical (unpaired) electrons. The molecule has 0 bridgehead atoms. The predicted octanol–water partition coefficient (Wildman–Crippen LogP) is 6.61. The van der Waals surface area contributed by atoms with Crippen molar-refractivity contribution >= 4 is 28.7 Å². The summed E-state index contributed by atoms with van der Waals surface area (Å²) in [6.45, 7) is 6.16. The number of aromatic nitrogens is 1. The van der Waals surface area contributed by atoms with Crippen molar-refractivity contribution in [2.45, 2.75) is 26.8 Å². The van der Waals surface area contributed by atoms with Gasteiger partial charge in [0.05, 0.1) is 28.8 Å². The van der Waals surface area contributed by atoms with Crippen LogP contribution < -0.4 is 9.64 Å². The second-order valence-corrected chi connectivity index (χ2v) is 9.81. The highest BCUT2D eigenvalue weighted by Gasteiger charge is 2.45. The number of ether oxygens (including phenoxy) is 1. The van der Waals surface area contributed by atoms with Crippen LogP contribution in [0.1, 0.15) is 39.5 Å². The molecule has 0 fully saturated rings. The number of hydrogen-bond acceptors (Lipinski definition) is 6. The molecule has 5 rings (SSSR count). The summed E-state index contributed by atoms with van der Waals surface area (Å²) in [7, 11) is 0. The lowest BCUT2D eigenvalue weighted by molar-refractivity contribution is -0.117. The van der Waals surface area contributed by atoms with Crippen molar-refractivity contribution in [2.75, 3.05) is 11.5 Å². The van der Waals surface area contributed by atoms with E-state index in [0.717, 1.165) is 11.1 Å². The largest absolute Gasteiger partial charge is 0.503 e. The van der Waals surface area contributed by atoms with Crippen LogP contribution >= 0.6 is 11.3 Å². The summed E-state index contributed by atoms with van der Waals surface area (Å²) in [6.07, 6.45) is 0. The summed E-state index contributed by atoms with van der Waals surface area (Å²) in [4.78, 5) is 33.9. The van der Waals surface area contributed by atoms with Gasteiger partial charge in [0.15, 0.2) is 5.76 Å². The minimum Gasteiger partial charge on any atom is -0.503 e. The Kier molecular flexibility index (Phi) is 6.63. The van der Waals surface area contributed by atoms with Crippen LogP contribution in [0.2, 0.25) is 0 Å². The molecule has 0 spiro atoms. The SMILES string of the molecule is CCOc1ccc(C2C(C(=O)c3sc(-c4ccccc4)nc3C)=C(O)C(=O)N2c2ccc(C)cc2)cc1. The molecule has 1 N–H and O–H groups in total. The molecule has 0 aliphatic carbocycles. The van der Waals surface area contributed by atoms with E-state index in [2.05, 4.69) is 4.98 Å². The van der Waals surface area contributed by atoms with Gasteiger partial charge in [-0.2, -0.15) is 0 Å². The highest BCUT2D eigenvalue weighted by molar-refractivity contribution is 7.17. The van der Waals surface area contributed by atoms with E-state index in [9.17, 15) is 14.7 Å². The van der Waals surface area contributed by atoms with Gasteiger partial charge < -0.3 is 9.84 Å². The average Bonchev–Trinajstić information content (AvgIpc) is 3.43. The van der Waals surface area contributed by atoms with Crippen molar-refractivity contribution in [3.8, 4) is 16.3 Å². The molecule has 2 heterocycles. The number of aryl methyl sites for hydroxylation is 2. The van der Waals surface area contributed by atoms with E-state index >= 15 is 0 Å². The molecule has 7 heteroatoms. The minimum atomic E-state index is -0.806. The standard InChI is InChI=1S/C30H26N2O4S/c1-4-36-23-16-12-20(13-17-23)25-24(27(34)30(35)32(25)22-14-10-18(2)11-15-22)26(33)28-19(3)31-29(37-28)21-8-6-5-7-9-21/h5-17,25,34H,4H2,1-3H3. The summed E-state index contributed by atoms with van der Waals surface area (Å²) in [6, 6.07) is 23.5.